The van der Waals surface area contributed by atoms with E-state index < -0.39 is 0 Å². The molecule has 1 aliphatic heterocycles. The zero-order chi connectivity index (χ0) is 11.9. The Bertz CT molecular complexity index is 386. The first-order valence-electron chi connectivity index (χ1n) is 6.00. The van der Waals surface area contributed by atoms with Crippen molar-refractivity contribution in [3.63, 3.8) is 0 Å². The third-order valence-corrected chi connectivity index (χ3v) is 4.17. The van der Waals surface area contributed by atoms with Crippen LogP contribution in [0.3, 0.4) is 0 Å². The minimum absolute atomic E-state index is 0.0266. The number of hydrogen-bond acceptors (Lipinski definition) is 2. The highest BCUT2D eigenvalue weighted by Crippen LogP contribution is 2.50. The Morgan fingerprint density at radius 1 is 1.50 bits per heavy atom. The zero-order valence-corrected chi connectivity index (χ0v) is 10.6. The first kappa shape index (κ1) is 11.4. The number of ether oxygens (including phenoxy) is 1. The van der Waals surface area contributed by atoms with Crippen LogP contribution in [0.4, 0.5) is 0 Å². The highest BCUT2D eigenvalue weighted by atomic mass is 16.5. The maximum absolute atomic E-state index is 11.4. The monoisotopic (exact) mass is 220 g/mol. The molecule has 0 N–H and O–H groups in total. The molecule has 2 rings (SSSR count). The molecule has 0 amide bonds. The van der Waals surface area contributed by atoms with Crippen LogP contribution >= 0.6 is 0 Å². The molecule has 1 saturated heterocycles. The average molecular weight is 220 g/mol. The summed E-state index contributed by atoms with van der Waals surface area (Å²) in [7, 11) is 0. The van der Waals surface area contributed by atoms with Crippen LogP contribution in [0.15, 0.2) is 23.0 Å². The van der Waals surface area contributed by atoms with E-state index >= 15 is 0 Å². The van der Waals surface area contributed by atoms with Gasteiger partial charge in [-0.05, 0) is 38.7 Å². The molecule has 1 aliphatic carbocycles. The van der Waals surface area contributed by atoms with Crippen LogP contribution in [0.2, 0.25) is 0 Å². The van der Waals surface area contributed by atoms with E-state index in [-0.39, 0.29) is 11.4 Å². The van der Waals surface area contributed by atoms with Crippen LogP contribution in [0.25, 0.3) is 0 Å². The van der Waals surface area contributed by atoms with Gasteiger partial charge >= 0.3 is 5.97 Å². The highest BCUT2D eigenvalue weighted by molar-refractivity contribution is 5.72. The minimum Gasteiger partial charge on any atom is -0.431 e. The number of esters is 1. The Morgan fingerprint density at radius 3 is 2.81 bits per heavy atom. The van der Waals surface area contributed by atoms with Crippen LogP contribution in [0.5, 0.6) is 0 Å². The van der Waals surface area contributed by atoms with Crippen molar-refractivity contribution in [1.29, 1.82) is 0 Å². The average Bonchev–Trinajstić information content (AvgIpc) is 2.19. The van der Waals surface area contributed by atoms with Gasteiger partial charge in [0.1, 0.15) is 5.76 Å². The molecular formula is C14H20O2. The second kappa shape index (κ2) is 3.76. The van der Waals surface area contributed by atoms with Gasteiger partial charge in [-0.3, -0.25) is 4.79 Å². The summed E-state index contributed by atoms with van der Waals surface area (Å²) in [5.41, 5.74) is 2.93. The molecule has 1 heterocycles. The van der Waals surface area contributed by atoms with E-state index in [0.717, 1.165) is 18.6 Å². The van der Waals surface area contributed by atoms with Crippen LogP contribution < -0.4 is 0 Å². The van der Waals surface area contributed by atoms with Crippen molar-refractivity contribution in [1.82, 2.24) is 0 Å². The summed E-state index contributed by atoms with van der Waals surface area (Å²) >= 11 is 0. The van der Waals surface area contributed by atoms with Gasteiger partial charge in [0.15, 0.2) is 0 Å². The van der Waals surface area contributed by atoms with Crippen LogP contribution in [0, 0.1) is 11.3 Å². The molecular weight excluding hydrogens is 200 g/mol. The maximum atomic E-state index is 11.4. The Labute approximate surface area is 97.4 Å². The van der Waals surface area contributed by atoms with E-state index in [0.29, 0.717) is 12.3 Å². The molecule has 0 spiro atoms. The summed E-state index contributed by atoms with van der Waals surface area (Å²) in [6, 6.07) is 0. The molecule has 2 atom stereocenters. The fourth-order valence-electron chi connectivity index (χ4n) is 2.65. The van der Waals surface area contributed by atoms with Gasteiger partial charge in [0.2, 0.25) is 0 Å². The molecule has 0 bridgehead atoms. The fourth-order valence-corrected chi connectivity index (χ4v) is 2.65. The van der Waals surface area contributed by atoms with E-state index in [9.17, 15) is 4.79 Å². The zero-order valence-electron chi connectivity index (χ0n) is 10.6. The van der Waals surface area contributed by atoms with Gasteiger partial charge < -0.3 is 4.74 Å². The van der Waals surface area contributed by atoms with Gasteiger partial charge in [-0.15, -0.1) is 0 Å². The quantitative estimate of drug-likeness (QED) is 0.460. The van der Waals surface area contributed by atoms with Crippen molar-refractivity contribution in [3.8, 4) is 0 Å². The predicted octanol–water partition coefficient (Wildman–Crippen LogP) is 3.59. The molecule has 1 fully saturated rings. The summed E-state index contributed by atoms with van der Waals surface area (Å²) in [6.07, 6.45) is 4.62. The van der Waals surface area contributed by atoms with Gasteiger partial charge in [-0.1, -0.05) is 25.0 Å². The normalized spacial score (nSPS) is 34.0. The highest BCUT2D eigenvalue weighted by Gasteiger charge is 2.44. The molecule has 0 aromatic carbocycles. The Hall–Kier alpha value is -1.05. The van der Waals surface area contributed by atoms with E-state index in [1.54, 1.807) is 0 Å². The number of rotatable bonds is 0. The number of hydrogen-bond donors (Lipinski definition) is 0. The smallest absolute Gasteiger partial charge is 0.311 e. The van der Waals surface area contributed by atoms with Gasteiger partial charge in [0.25, 0.3) is 0 Å². The van der Waals surface area contributed by atoms with Gasteiger partial charge in [0, 0.05) is 11.8 Å². The predicted molar refractivity (Wildman–Crippen MR) is 63.7 cm³/mol. The largest absolute Gasteiger partial charge is 0.431 e. The topological polar surface area (TPSA) is 26.3 Å². The van der Waals surface area contributed by atoms with E-state index in [2.05, 4.69) is 33.8 Å². The van der Waals surface area contributed by atoms with Crippen molar-refractivity contribution < 1.29 is 9.53 Å². The van der Waals surface area contributed by atoms with Crippen LogP contribution in [-0.2, 0) is 9.53 Å². The van der Waals surface area contributed by atoms with Crippen molar-refractivity contribution in [3.05, 3.63) is 23.0 Å². The number of allylic oxidation sites excluding steroid dienone is 4. The van der Waals surface area contributed by atoms with Gasteiger partial charge in [0.05, 0.1) is 0 Å². The second-order valence-corrected chi connectivity index (χ2v) is 5.55. The summed E-state index contributed by atoms with van der Waals surface area (Å²) in [6.45, 7) is 8.70. The van der Waals surface area contributed by atoms with E-state index in [1.807, 2.05) is 0 Å². The van der Waals surface area contributed by atoms with Crippen molar-refractivity contribution >= 4 is 5.97 Å². The molecule has 0 saturated carbocycles. The summed E-state index contributed by atoms with van der Waals surface area (Å²) in [5, 5.41) is 0. The summed E-state index contributed by atoms with van der Waals surface area (Å²) < 4.78 is 5.39. The Morgan fingerprint density at radius 2 is 2.19 bits per heavy atom. The number of carbonyl (C=O) groups is 1. The lowest BCUT2D eigenvalue weighted by atomic mass is 9.66. The first-order chi connectivity index (χ1) is 7.43. The molecule has 16 heavy (non-hydrogen) atoms. The number of fused-ring (bicyclic) bond motifs is 1. The lowest BCUT2D eigenvalue weighted by molar-refractivity contribution is -0.149. The minimum atomic E-state index is -0.0723. The van der Waals surface area contributed by atoms with Gasteiger partial charge in [-0.25, -0.2) is 0 Å². The lowest BCUT2D eigenvalue weighted by Crippen LogP contribution is -2.38. The second-order valence-electron chi connectivity index (χ2n) is 5.55. The standard InChI is InChI=1S/C14H20O2/c1-9(2)11-5-6-12-14(4,8-11)10(3)7-13(15)16-12/h6,10H,5,7-8H2,1-4H3/t10-,14+/m1/s1. The van der Waals surface area contributed by atoms with Crippen LogP contribution in [0.1, 0.15) is 47.0 Å². The Kier molecular flexibility index (Phi) is 2.69. The SMILES string of the molecule is CC(C)=C1CC=C2OC(=O)C[C@@H](C)[C@]2(C)C1. The maximum Gasteiger partial charge on any atom is 0.311 e. The van der Waals surface area contributed by atoms with Crippen LogP contribution in [-0.4, -0.2) is 5.97 Å². The van der Waals surface area contributed by atoms with Gasteiger partial charge in [-0.2, -0.15) is 0 Å². The summed E-state index contributed by atoms with van der Waals surface area (Å²) in [5.74, 6) is 1.20. The molecule has 2 heteroatoms. The van der Waals surface area contributed by atoms with Crippen molar-refractivity contribution in [2.24, 2.45) is 11.3 Å². The molecule has 0 unspecified atom stereocenters. The number of carbonyl (C=O) groups excluding carboxylic acids is 1. The van der Waals surface area contributed by atoms with Crippen molar-refractivity contribution in [2.45, 2.75) is 47.0 Å². The Balaban J connectivity index is 2.38. The molecule has 2 aliphatic rings. The van der Waals surface area contributed by atoms with Crippen molar-refractivity contribution in [2.75, 3.05) is 0 Å². The molecule has 0 aromatic heterocycles. The summed E-state index contributed by atoms with van der Waals surface area (Å²) in [4.78, 5) is 11.4. The first-order valence-corrected chi connectivity index (χ1v) is 6.00. The third-order valence-electron chi connectivity index (χ3n) is 4.17. The lowest BCUT2D eigenvalue weighted by Gasteiger charge is -2.43. The molecule has 0 aromatic rings. The fraction of sp³-hybridized carbons (Fsp3) is 0.643. The molecule has 2 nitrogen and oxygen atoms in total. The van der Waals surface area contributed by atoms with E-state index in [4.69, 9.17) is 4.74 Å². The third kappa shape index (κ3) is 1.70. The molecule has 88 valence electrons. The molecule has 0 radical (unpaired) electrons. The van der Waals surface area contributed by atoms with E-state index in [1.165, 1.54) is 11.1 Å².